The zero-order valence-corrected chi connectivity index (χ0v) is 15.1. The van der Waals surface area contributed by atoms with Crippen molar-refractivity contribution in [2.45, 2.75) is 32.2 Å². The molecule has 142 valence electrons. The third kappa shape index (κ3) is 2.34. The van der Waals surface area contributed by atoms with Crippen molar-refractivity contribution in [1.82, 2.24) is 0 Å². The minimum absolute atomic E-state index is 0.0726. The maximum atomic E-state index is 12.5. The van der Waals surface area contributed by atoms with Crippen LogP contribution in [0.1, 0.15) is 13.8 Å². The summed E-state index contributed by atoms with van der Waals surface area (Å²) in [5.74, 6) is -3.55. The van der Waals surface area contributed by atoms with E-state index in [1.165, 1.54) is 6.08 Å². The number of fused-ring (bicyclic) bond motifs is 2. The molecule has 2 heterocycles. The number of allylic oxidation sites excluding steroid dienone is 1. The van der Waals surface area contributed by atoms with Crippen LogP contribution in [0.15, 0.2) is 48.6 Å². The van der Waals surface area contributed by atoms with Gasteiger partial charge in [-0.2, -0.15) is 0 Å². The predicted octanol–water partition coefficient (Wildman–Crippen LogP) is 1.44. The maximum Gasteiger partial charge on any atom is 0.334 e. The van der Waals surface area contributed by atoms with Crippen molar-refractivity contribution in [2.24, 2.45) is 17.3 Å². The molecule has 0 N–H and O–H groups in total. The first kappa shape index (κ1) is 18.8. The van der Waals surface area contributed by atoms with Gasteiger partial charge >= 0.3 is 17.9 Å². The van der Waals surface area contributed by atoms with Crippen molar-refractivity contribution in [3.8, 4) is 0 Å². The molecule has 3 fully saturated rings. The Labute approximate surface area is 156 Å². The molecule has 0 radical (unpaired) electrons. The van der Waals surface area contributed by atoms with Crippen molar-refractivity contribution < 1.29 is 33.4 Å². The number of hydrogen-bond acceptors (Lipinski definition) is 7. The molecule has 6 atom stereocenters. The molecule has 0 unspecified atom stereocenters. The Kier molecular flexibility index (Phi) is 4.41. The number of rotatable bonds is 5. The average Bonchev–Trinajstić information content (AvgIpc) is 2.94. The number of carbonyl (C=O) groups excluding carboxylic acids is 4. The Bertz CT molecular complexity index is 820. The summed E-state index contributed by atoms with van der Waals surface area (Å²) in [7, 11) is 0. The molecule has 2 aliphatic heterocycles. The van der Waals surface area contributed by atoms with Crippen LogP contribution in [-0.4, -0.2) is 42.5 Å². The maximum absolute atomic E-state index is 12.5. The van der Waals surface area contributed by atoms with E-state index in [4.69, 9.17) is 14.2 Å². The molecule has 1 aliphatic carbocycles. The molecule has 27 heavy (non-hydrogen) atoms. The summed E-state index contributed by atoms with van der Waals surface area (Å²) < 4.78 is 16.3. The normalized spacial score (nSPS) is 37.2. The monoisotopic (exact) mass is 372 g/mol. The zero-order valence-electron chi connectivity index (χ0n) is 15.1. The summed E-state index contributed by atoms with van der Waals surface area (Å²) in [6, 6.07) is 0. The van der Waals surface area contributed by atoms with Gasteiger partial charge in [0, 0.05) is 17.1 Å². The highest BCUT2D eigenvalue weighted by Gasteiger charge is 2.74. The van der Waals surface area contributed by atoms with Gasteiger partial charge in [0.05, 0.1) is 5.92 Å². The van der Waals surface area contributed by atoms with Crippen LogP contribution in [0.4, 0.5) is 0 Å². The first-order valence-corrected chi connectivity index (χ1v) is 8.46. The van der Waals surface area contributed by atoms with Crippen LogP contribution in [0, 0.1) is 17.3 Å². The number of hydrogen-bond donors (Lipinski definition) is 0. The summed E-state index contributed by atoms with van der Waals surface area (Å²) >= 11 is 0. The van der Waals surface area contributed by atoms with E-state index in [2.05, 4.69) is 19.7 Å². The fraction of sp³-hybridized carbons (Fsp3) is 0.400. The van der Waals surface area contributed by atoms with Gasteiger partial charge in [0.15, 0.2) is 12.2 Å². The van der Waals surface area contributed by atoms with E-state index in [1.54, 1.807) is 19.9 Å². The van der Waals surface area contributed by atoms with Crippen molar-refractivity contribution in [1.29, 1.82) is 0 Å². The molecule has 0 bridgehead atoms. The van der Waals surface area contributed by atoms with Crippen molar-refractivity contribution in [3.05, 3.63) is 48.6 Å². The molecule has 1 saturated carbocycles. The lowest BCUT2D eigenvalue weighted by Crippen LogP contribution is -2.72. The van der Waals surface area contributed by atoms with Gasteiger partial charge in [-0.25, -0.2) is 9.59 Å². The van der Waals surface area contributed by atoms with Crippen molar-refractivity contribution in [3.63, 3.8) is 0 Å². The van der Waals surface area contributed by atoms with Gasteiger partial charge in [-0.05, 0) is 19.4 Å². The average molecular weight is 372 g/mol. The quantitative estimate of drug-likeness (QED) is 0.237. The van der Waals surface area contributed by atoms with E-state index >= 15 is 0 Å². The Balaban J connectivity index is 2.12. The van der Waals surface area contributed by atoms with Crippen LogP contribution in [0.3, 0.4) is 0 Å². The van der Waals surface area contributed by atoms with Gasteiger partial charge in [0.25, 0.3) is 0 Å². The minimum Gasteiger partial charge on any atom is -0.457 e. The van der Waals surface area contributed by atoms with Gasteiger partial charge in [-0.15, -0.1) is 6.58 Å². The lowest BCUT2D eigenvalue weighted by atomic mass is 9.54. The van der Waals surface area contributed by atoms with E-state index in [9.17, 15) is 19.2 Å². The summed E-state index contributed by atoms with van der Waals surface area (Å²) in [6.45, 7) is 14.5. The van der Waals surface area contributed by atoms with Gasteiger partial charge < -0.3 is 14.2 Å². The Morgan fingerprint density at radius 3 is 2.48 bits per heavy atom. The second kappa shape index (κ2) is 6.33. The van der Waals surface area contributed by atoms with Gasteiger partial charge in [-0.3, -0.25) is 9.59 Å². The second-order valence-corrected chi connectivity index (χ2v) is 6.90. The van der Waals surface area contributed by atoms with E-state index < -0.39 is 53.5 Å². The van der Waals surface area contributed by atoms with Crippen LogP contribution >= 0.6 is 0 Å². The first-order chi connectivity index (χ1) is 12.7. The molecular weight excluding hydrogens is 352 g/mol. The predicted molar refractivity (Wildman–Crippen MR) is 93.0 cm³/mol. The van der Waals surface area contributed by atoms with Crippen LogP contribution in [-0.2, 0) is 33.4 Å². The van der Waals surface area contributed by atoms with E-state index in [0.717, 1.165) is 0 Å². The first-order valence-electron chi connectivity index (χ1n) is 8.46. The van der Waals surface area contributed by atoms with Gasteiger partial charge in [0.2, 0.25) is 0 Å². The van der Waals surface area contributed by atoms with E-state index in [0.29, 0.717) is 11.9 Å². The summed E-state index contributed by atoms with van der Waals surface area (Å²) in [5, 5.41) is 0. The molecule has 3 rings (SSSR count). The lowest BCUT2D eigenvalue weighted by molar-refractivity contribution is -0.253. The van der Waals surface area contributed by atoms with Crippen LogP contribution in [0.25, 0.3) is 0 Å². The number of ether oxygens (including phenoxy) is 3. The topological polar surface area (TPSA) is 96.0 Å². The Hall–Kier alpha value is -2.96. The smallest absolute Gasteiger partial charge is 0.334 e. The highest BCUT2D eigenvalue weighted by atomic mass is 16.6. The van der Waals surface area contributed by atoms with Gasteiger partial charge in [-0.1, -0.05) is 25.3 Å². The van der Waals surface area contributed by atoms with Crippen LogP contribution < -0.4 is 0 Å². The van der Waals surface area contributed by atoms with Crippen molar-refractivity contribution in [2.75, 3.05) is 0 Å². The highest BCUT2D eigenvalue weighted by molar-refractivity contribution is 5.95. The summed E-state index contributed by atoms with van der Waals surface area (Å²) in [6.07, 6.45) is 0.595. The molecule has 0 aromatic carbocycles. The fourth-order valence-electron chi connectivity index (χ4n) is 4.13. The molecule has 2 saturated heterocycles. The third-order valence-corrected chi connectivity index (χ3v) is 5.70. The summed E-state index contributed by atoms with van der Waals surface area (Å²) in [4.78, 5) is 48.4. The Morgan fingerprint density at radius 2 is 1.96 bits per heavy atom. The number of carbonyl (C=O) groups is 4. The fourth-order valence-corrected chi connectivity index (χ4v) is 4.13. The second-order valence-electron chi connectivity index (χ2n) is 6.90. The molecule has 0 amide bonds. The SMILES string of the molecule is C=C[C@]12C(=O)O[C@H]1[C@@H](OC(=O)/C(C)=C/C)[C@@H]1C(=C)C(=O)O[C@@H]1[C@H]2C(=C)C=O. The van der Waals surface area contributed by atoms with Crippen molar-refractivity contribution >= 4 is 24.2 Å². The molecule has 7 nitrogen and oxygen atoms in total. The van der Waals surface area contributed by atoms with Crippen LogP contribution in [0.2, 0.25) is 0 Å². The Morgan fingerprint density at radius 1 is 1.30 bits per heavy atom. The number of aldehydes is 1. The number of esters is 3. The molecule has 7 heteroatoms. The minimum atomic E-state index is -1.38. The van der Waals surface area contributed by atoms with E-state index in [1.807, 2.05) is 0 Å². The van der Waals surface area contributed by atoms with E-state index in [-0.39, 0.29) is 11.1 Å². The molecule has 0 aromatic rings. The molecule has 0 spiro atoms. The molecule has 0 aromatic heterocycles. The third-order valence-electron chi connectivity index (χ3n) is 5.70. The highest BCUT2D eigenvalue weighted by Crippen LogP contribution is 2.59. The van der Waals surface area contributed by atoms with Crippen LogP contribution in [0.5, 0.6) is 0 Å². The lowest BCUT2D eigenvalue weighted by Gasteiger charge is -2.57. The standard InChI is InChI=1S/C20H20O7/c1-6-9(3)17(22)26-15-12-11(5)18(23)25-14(12)13(10(4)8-21)20(7-2)16(15)27-19(20)24/h6-8,12-16H,2,4-5H2,1,3H3/b9-6+/t12-,13-,14+,15+,16+,20-/m1/s1. The zero-order chi connectivity index (χ0) is 20.1. The molecular formula is C20H20O7. The van der Waals surface area contributed by atoms with Gasteiger partial charge in [0.1, 0.15) is 17.8 Å². The summed E-state index contributed by atoms with van der Waals surface area (Å²) in [5.41, 5.74) is -0.848. The molecule has 3 aliphatic rings. The largest absolute Gasteiger partial charge is 0.457 e.